The Morgan fingerprint density at radius 2 is 2.50 bits per heavy atom. The highest BCUT2D eigenvalue weighted by Crippen LogP contribution is 2.18. The Kier molecular flexibility index (Phi) is 3.06. The van der Waals surface area contributed by atoms with Gasteiger partial charge < -0.3 is 10.0 Å². The molecule has 0 aromatic rings. The Labute approximate surface area is 72.1 Å². The summed E-state index contributed by atoms with van der Waals surface area (Å²) >= 11 is 0. The summed E-state index contributed by atoms with van der Waals surface area (Å²) in [6.45, 7) is 3.46. The van der Waals surface area contributed by atoms with Crippen molar-refractivity contribution in [1.82, 2.24) is 4.90 Å². The largest absolute Gasteiger partial charge is 0.391 e. The molecule has 1 N–H and O–H groups in total. The zero-order valence-corrected chi connectivity index (χ0v) is 7.14. The van der Waals surface area contributed by atoms with Gasteiger partial charge in [0.25, 0.3) is 0 Å². The van der Waals surface area contributed by atoms with Gasteiger partial charge in [0.05, 0.1) is 6.10 Å². The minimum atomic E-state index is -0.264. The fraction of sp³-hybridized carbons (Fsp3) is 0.750. The van der Waals surface area contributed by atoms with Gasteiger partial charge >= 0.3 is 0 Å². The van der Waals surface area contributed by atoms with Crippen molar-refractivity contribution in [1.29, 1.82) is 5.26 Å². The molecule has 1 saturated heterocycles. The van der Waals surface area contributed by atoms with Crippen LogP contribution in [-0.2, 0) is 0 Å². The molecule has 0 amide bonds. The topological polar surface area (TPSA) is 59.6 Å². The van der Waals surface area contributed by atoms with Crippen LogP contribution in [-0.4, -0.2) is 35.5 Å². The quantitative estimate of drug-likeness (QED) is 0.363. The third-order valence-corrected chi connectivity index (χ3v) is 2.24. The first-order chi connectivity index (χ1) is 5.77. The fourth-order valence-electron chi connectivity index (χ4n) is 1.49. The van der Waals surface area contributed by atoms with Gasteiger partial charge in [0.2, 0.25) is 6.19 Å². The summed E-state index contributed by atoms with van der Waals surface area (Å²) in [4.78, 5) is 5.33. The predicted molar refractivity (Wildman–Crippen MR) is 45.5 cm³/mol. The second kappa shape index (κ2) is 4.07. The number of aliphatic hydroxyl groups excluding tert-OH is 1. The first kappa shape index (κ1) is 9.01. The average Bonchev–Trinajstić information content (AvgIpc) is 2.43. The molecule has 0 unspecified atom stereocenters. The van der Waals surface area contributed by atoms with Crippen LogP contribution in [0.1, 0.15) is 13.3 Å². The number of nitriles is 1. The molecule has 1 fully saturated rings. The fourth-order valence-corrected chi connectivity index (χ4v) is 1.49. The van der Waals surface area contributed by atoms with E-state index in [2.05, 4.69) is 11.9 Å². The SMILES string of the molecule is CC[C@@H]1CN(C=NC#N)C[C@H]1O. The van der Waals surface area contributed by atoms with E-state index in [9.17, 15) is 5.11 Å². The smallest absolute Gasteiger partial charge is 0.207 e. The summed E-state index contributed by atoms with van der Waals surface area (Å²) in [6.07, 6.45) is 3.89. The number of likely N-dealkylation sites (tertiary alicyclic amines) is 1. The molecule has 2 atom stereocenters. The minimum Gasteiger partial charge on any atom is -0.391 e. The van der Waals surface area contributed by atoms with Gasteiger partial charge in [0.15, 0.2) is 0 Å². The Hall–Kier alpha value is -1.08. The molecule has 1 heterocycles. The maximum absolute atomic E-state index is 9.47. The van der Waals surface area contributed by atoms with E-state index in [1.54, 1.807) is 6.19 Å². The third-order valence-electron chi connectivity index (χ3n) is 2.24. The van der Waals surface area contributed by atoms with E-state index >= 15 is 0 Å². The minimum absolute atomic E-state index is 0.264. The highest BCUT2D eigenvalue weighted by Gasteiger charge is 2.28. The lowest BCUT2D eigenvalue weighted by Crippen LogP contribution is -2.19. The first-order valence-electron chi connectivity index (χ1n) is 4.12. The zero-order chi connectivity index (χ0) is 8.97. The van der Waals surface area contributed by atoms with Crippen LogP contribution >= 0.6 is 0 Å². The van der Waals surface area contributed by atoms with Gasteiger partial charge in [-0.25, -0.2) is 0 Å². The summed E-state index contributed by atoms with van der Waals surface area (Å²) in [5.41, 5.74) is 0. The predicted octanol–water partition coefficient (Wildman–Crippen LogP) is 0.198. The third kappa shape index (κ3) is 1.95. The Morgan fingerprint density at radius 3 is 3.00 bits per heavy atom. The number of nitrogens with zero attached hydrogens (tertiary/aromatic N) is 3. The Bertz CT molecular complexity index is 209. The number of rotatable bonds is 2. The molecule has 12 heavy (non-hydrogen) atoms. The van der Waals surface area contributed by atoms with Crippen molar-refractivity contribution >= 4 is 6.34 Å². The van der Waals surface area contributed by atoms with Crippen LogP contribution in [0.3, 0.4) is 0 Å². The van der Waals surface area contributed by atoms with Crippen LogP contribution in [0.4, 0.5) is 0 Å². The van der Waals surface area contributed by atoms with Gasteiger partial charge in [0.1, 0.15) is 6.34 Å². The molecular formula is C8H13N3O. The molecule has 1 aliphatic rings. The van der Waals surface area contributed by atoms with E-state index < -0.39 is 0 Å². The average molecular weight is 167 g/mol. The lowest BCUT2D eigenvalue weighted by Gasteiger charge is -2.08. The van der Waals surface area contributed by atoms with Crippen molar-refractivity contribution in [2.24, 2.45) is 10.9 Å². The van der Waals surface area contributed by atoms with Crippen LogP contribution in [0.25, 0.3) is 0 Å². The molecule has 0 aliphatic carbocycles. The van der Waals surface area contributed by atoms with Crippen molar-refractivity contribution in [3.63, 3.8) is 0 Å². The summed E-state index contributed by atoms with van der Waals surface area (Å²) in [5, 5.41) is 17.7. The Balaban J connectivity index is 2.44. The first-order valence-corrected chi connectivity index (χ1v) is 4.12. The highest BCUT2D eigenvalue weighted by atomic mass is 16.3. The molecule has 1 aliphatic heterocycles. The molecule has 1 rings (SSSR count). The van der Waals surface area contributed by atoms with Gasteiger partial charge in [0, 0.05) is 19.0 Å². The van der Waals surface area contributed by atoms with E-state index in [-0.39, 0.29) is 6.10 Å². The van der Waals surface area contributed by atoms with Crippen molar-refractivity contribution in [3.8, 4) is 6.19 Å². The highest BCUT2D eigenvalue weighted by molar-refractivity contribution is 5.56. The number of hydrogen-bond donors (Lipinski definition) is 1. The molecular weight excluding hydrogens is 154 g/mol. The number of hydrogen-bond acceptors (Lipinski definition) is 3. The summed E-state index contributed by atoms with van der Waals surface area (Å²) in [6, 6.07) is 0. The lowest BCUT2D eigenvalue weighted by molar-refractivity contribution is 0.143. The van der Waals surface area contributed by atoms with E-state index in [1.807, 2.05) is 4.90 Å². The van der Waals surface area contributed by atoms with E-state index in [1.165, 1.54) is 6.34 Å². The van der Waals surface area contributed by atoms with Crippen molar-refractivity contribution < 1.29 is 5.11 Å². The monoisotopic (exact) mass is 167 g/mol. The molecule has 0 aromatic heterocycles. The lowest BCUT2D eigenvalue weighted by atomic mass is 10.0. The molecule has 4 heteroatoms. The van der Waals surface area contributed by atoms with Crippen LogP contribution in [0, 0.1) is 17.4 Å². The van der Waals surface area contributed by atoms with Crippen LogP contribution in [0.5, 0.6) is 0 Å². The molecule has 0 spiro atoms. The van der Waals surface area contributed by atoms with E-state index in [4.69, 9.17) is 5.26 Å². The molecule has 0 radical (unpaired) electrons. The molecule has 4 nitrogen and oxygen atoms in total. The standard InChI is InChI=1S/C8H13N3O/c1-2-7-3-11(4-8(7)12)6-10-5-9/h6-8,12H,2-4H2,1H3/t7-,8-/m1/s1. The van der Waals surface area contributed by atoms with Crippen molar-refractivity contribution in [3.05, 3.63) is 0 Å². The maximum atomic E-state index is 9.47. The number of aliphatic imine (C=N–C) groups is 1. The maximum Gasteiger partial charge on any atom is 0.207 e. The molecule has 66 valence electrons. The van der Waals surface area contributed by atoms with Gasteiger partial charge in [-0.15, -0.1) is 0 Å². The second-order valence-corrected chi connectivity index (χ2v) is 3.03. The van der Waals surface area contributed by atoms with Gasteiger partial charge in [-0.05, 0) is 6.42 Å². The molecule has 0 saturated carbocycles. The van der Waals surface area contributed by atoms with Crippen molar-refractivity contribution in [2.75, 3.05) is 13.1 Å². The zero-order valence-electron chi connectivity index (χ0n) is 7.14. The summed E-state index contributed by atoms with van der Waals surface area (Å²) < 4.78 is 0. The number of β-amino-alcohol motifs (C(OH)–C–C–N with tert-alkyl or cyclic N) is 1. The van der Waals surface area contributed by atoms with Gasteiger partial charge in [-0.2, -0.15) is 10.3 Å². The molecule has 0 bridgehead atoms. The van der Waals surface area contributed by atoms with Crippen LogP contribution in [0.2, 0.25) is 0 Å². The summed E-state index contributed by atoms with van der Waals surface area (Å²) in [7, 11) is 0. The van der Waals surface area contributed by atoms with E-state index in [0.29, 0.717) is 12.5 Å². The van der Waals surface area contributed by atoms with Gasteiger partial charge in [-0.1, -0.05) is 6.92 Å². The van der Waals surface area contributed by atoms with Gasteiger partial charge in [-0.3, -0.25) is 0 Å². The Morgan fingerprint density at radius 1 is 1.75 bits per heavy atom. The second-order valence-electron chi connectivity index (χ2n) is 3.03. The normalized spacial score (nSPS) is 29.6. The van der Waals surface area contributed by atoms with Crippen LogP contribution < -0.4 is 0 Å². The molecule has 0 aromatic carbocycles. The summed E-state index contributed by atoms with van der Waals surface area (Å²) in [5.74, 6) is 0.329. The van der Waals surface area contributed by atoms with Crippen LogP contribution in [0.15, 0.2) is 4.99 Å². The number of aliphatic hydroxyl groups is 1. The van der Waals surface area contributed by atoms with E-state index in [0.717, 1.165) is 13.0 Å². The van der Waals surface area contributed by atoms with Crippen molar-refractivity contribution in [2.45, 2.75) is 19.4 Å².